The van der Waals surface area contributed by atoms with Gasteiger partial charge in [-0.3, -0.25) is 4.79 Å². The Morgan fingerprint density at radius 3 is 3.08 bits per heavy atom. The first-order valence-electron chi connectivity index (χ1n) is 4.30. The predicted molar refractivity (Wildman–Crippen MR) is 62.0 cm³/mol. The third kappa shape index (κ3) is 3.51. The first kappa shape index (κ1) is 10.6. The second kappa shape index (κ2) is 6.07. The molecule has 0 bridgehead atoms. The van der Waals surface area contributed by atoms with Crippen molar-refractivity contribution in [2.75, 3.05) is 16.7 Å². The van der Waals surface area contributed by atoms with Crippen LogP contribution in [0.5, 0.6) is 0 Å². The van der Waals surface area contributed by atoms with Gasteiger partial charge in [0, 0.05) is 11.0 Å². The number of amides is 1. The summed E-state index contributed by atoms with van der Waals surface area (Å²) in [5.41, 5.74) is 0. The first-order valence-corrected chi connectivity index (χ1v) is 6.87. The van der Waals surface area contributed by atoms with Crippen molar-refractivity contribution in [3.63, 3.8) is 0 Å². The Hall–Kier alpha value is 0.550. The molecule has 4 heteroatoms. The van der Waals surface area contributed by atoms with E-state index in [0.29, 0.717) is 0 Å². The number of thioether (sulfide) groups is 1. The van der Waals surface area contributed by atoms with Gasteiger partial charge in [0.2, 0.25) is 5.91 Å². The quantitative estimate of drug-likeness (QED) is 0.487. The van der Waals surface area contributed by atoms with E-state index in [1.54, 1.807) is 11.8 Å². The molecule has 1 fully saturated rings. The third-order valence-electron chi connectivity index (χ3n) is 1.83. The van der Waals surface area contributed by atoms with Gasteiger partial charge in [-0.2, -0.15) is 0 Å². The van der Waals surface area contributed by atoms with Gasteiger partial charge < -0.3 is 5.32 Å². The molecule has 1 rings (SSSR count). The molecule has 1 N–H and O–H groups in total. The highest BCUT2D eigenvalue weighted by atomic mass is 127. The topological polar surface area (TPSA) is 29.1 Å². The highest BCUT2D eigenvalue weighted by Crippen LogP contribution is 2.25. The summed E-state index contributed by atoms with van der Waals surface area (Å²) >= 11 is 4.12. The van der Waals surface area contributed by atoms with E-state index < -0.39 is 0 Å². The van der Waals surface area contributed by atoms with Gasteiger partial charge >= 0.3 is 0 Å². The van der Waals surface area contributed by atoms with Gasteiger partial charge in [-0.25, -0.2) is 0 Å². The Morgan fingerprint density at radius 2 is 2.50 bits per heavy atom. The molecule has 2 nitrogen and oxygen atoms in total. The summed E-state index contributed by atoms with van der Waals surface area (Å²) in [6, 6.07) is 0. The van der Waals surface area contributed by atoms with Gasteiger partial charge in [0.1, 0.15) is 0 Å². The minimum absolute atomic E-state index is 0.249. The summed E-state index contributed by atoms with van der Waals surface area (Å²) in [7, 11) is 0. The number of nitrogens with one attached hydrogen (secondary N) is 1. The summed E-state index contributed by atoms with van der Waals surface area (Å²) in [5.74, 6) is 1.41. The number of alkyl halides is 1. The van der Waals surface area contributed by atoms with Gasteiger partial charge in [-0.15, -0.1) is 11.8 Å². The van der Waals surface area contributed by atoms with E-state index in [2.05, 4.69) is 27.9 Å². The molecular formula is C8H14INOS. The van der Waals surface area contributed by atoms with Crippen molar-refractivity contribution < 1.29 is 4.79 Å². The molecule has 0 aromatic heterocycles. The Kier molecular flexibility index (Phi) is 5.38. The number of halogens is 1. The molecule has 0 radical (unpaired) electrons. The van der Waals surface area contributed by atoms with Crippen LogP contribution in [-0.4, -0.2) is 27.9 Å². The first-order chi connectivity index (χ1) is 5.84. The number of rotatable bonds is 4. The fourth-order valence-corrected chi connectivity index (χ4v) is 2.74. The third-order valence-corrected chi connectivity index (χ3v) is 3.97. The van der Waals surface area contributed by atoms with Gasteiger partial charge in [0.05, 0.1) is 5.25 Å². The average Bonchev–Trinajstić information content (AvgIpc) is 2.56. The lowest BCUT2D eigenvalue weighted by Gasteiger charge is -2.08. The van der Waals surface area contributed by atoms with Crippen molar-refractivity contribution in [1.82, 2.24) is 5.32 Å². The van der Waals surface area contributed by atoms with E-state index in [0.717, 1.165) is 29.6 Å². The summed E-state index contributed by atoms with van der Waals surface area (Å²) in [5, 5.41) is 3.21. The van der Waals surface area contributed by atoms with E-state index in [9.17, 15) is 4.79 Å². The van der Waals surface area contributed by atoms with Crippen molar-refractivity contribution >= 4 is 40.3 Å². The van der Waals surface area contributed by atoms with E-state index in [4.69, 9.17) is 0 Å². The zero-order chi connectivity index (χ0) is 8.81. The van der Waals surface area contributed by atoms with Crippen LogP contribution in [0.2, 0.25) is 0 Å². The van der Waals surface area contributed by atoms with Crippen molar-refractivity contribution in [3.05, 3.63) is 0 Å². The zero-order valence-corrected chi connectivity index (χ0v) is 9.99. The van der Waals surface area contributed by atoms with Crippen LogP contribution in [0, 0.1) is 0 Å². The second-order valence-corrected chi connectivity index (χ2v) is 5.22. The molecule has 70 valence electrons. The maximum Gasteiger partial charge on any atom is 0.233 e. The second-order valence-electron chi connectivity index (χ2n) is 2.84. The van der Waals surface area contributed by atoms with Crippen LogP contribution >= 0.6 is 34.4 Å². The van der Waals surface area contributed by atoms with E-state index in [1.165, 1.54) is 6.42 Å². The SMILES string of the molecule is O=C(NCCCI)C1CCCS1. The van der Waals surface area contributed by atoms with Crippen molar-refractivity contribution in [1.29, 1.82) is 0 Å². The predicted octanol–water partition coefficient (Wildman–Crippen LogP) is 1.82. The smallest absolute Gasteiger partial charge is 0.233 e. The Morgan fingerprint density at radius 1 is 1.67 bits per heavy atom. The van der Waals surface area contributed by atoms with Crippen molar-refractivity contribution in [2.24, 2.45) is 0 Å². The van der Waals surface area contributed by atoms with Crippen molar-refractivity contribution in [3.8, 4) is 0 Å². The number of hydrogen-bond acceptors (Lipinski definition) is 2. The lowest BCUT2D eigenvalue weighted by molar-refractivity contribution is -0.120. The van der Waals surface area contributed by atoms with Gasteiger partial charge in [-0.1, -0.05) is 22.6 Å². The molecule has 0 aliphatic carbocycles. The number of carbonyl (C=O) groups excluding carboxylic acids is 1. The standard InChI is InChI=1S/C8H14INOS/c9-4-2-5-10-8(11)7-3-1-6-12-7/h7H,1-6H2,(H,10,11). The zero-order valence-electron chi connectivity index (χ0n) is 7.01. The van der Waals surface area contributed by atoms with Crippen LogP contribution in [0.4, 0.5) is 0 Å². The van der Waals surface area contributed by atoms with Crippen LogP contribution in [0.15, 0.2) is 0 Å². The maximum absolute atomic E-state index is 11.4. The monoisotopic (exact) mass is 299 g/mol. The van der Waals surface area contributed by atoms with Crippen molar-refractivity contribution in [2.45, 2.75) is 24.5 Å². The molecule has 1 atom stereocenters. The number of carbonyl (C=O) groups is 1. The number of hydrogen-bond donors (Lipinski definition) is 1. The van der Waals surface area contributed by atoms with E-state index in [1.807, 2.05) is 0 Å². The van der Waals surface area contributed by atoms with Crippen LogP contribution < -0.4 is 5.32 Å². The summed E-state index contributed by atoms with van der Waals surface area (Å²) in [6.07, 6.45) is 3.36. The van der Waals surface area contributed by atoms with Gasteiger partial charge in [0.15, 0.2) is 0 Å². The van der Waals surface area contributed by atoms with Gasteiger partial charge in [-0.05, 0) is 25.0 Å². The highest BCUT2D eigenvalue weighted by Gasteiger charge is 2.22. The van der Waals surface area contributed by atoms with E-state index >= 15 is 0 Å². The Bertz CT molecular complexity index is 148. The molecule has 12 heavy (non-hydrogen) atoms. The summed E-state index contributed by atoms with van der Waals surface area (Å²) in [6.45, 7) is 0.846. The lowest BCUT2D eigenvalue weighted by Crippen LogP contribution is -2.32. The molecule has 0 spiro atoms. The molecule has 0 aromatic carbocycles. The lowest BCUT2D eigenvalue weighted by atomic mass is 10.2. The minimum Gasteiger partial charge on any atom is -0.355 e. The van der Waals surface area contributed by atoms with Crippen LogP contribution in [0.1, 0.15) is 19.3 Å². The molecular weight excluding hydrogens is 285 g/mol. The van der Waals surface area contributed by atoms with Gasteiger partial charge in [0.25, 0.3) is 0 Å². The summed E-state index contributed by atoms with van der Waals surface area (Å²) in [4.78, 5) is 11.4. The fraction of sp³-hybridized carbons (Fsp3) is 0.875. The normalized spacial score (nSPS) is 22.6. The molecule has 1 aliphatic heterocycles. The highest BCUT2D eigenvalue weighted by molar-refractivity contribution is 14.1. The molecule has 1 unspecified atom stereocenters. The molecule has 1 amide bonds. The minimum atomic E-state index is 0.249. The van der Waals surface area contributed by atoms with Crippen LogP contribution in [-0.2, 0) is 4.79 Å². The molecule has 1 aliphatic rings. The average molecular weight is 299 g/mol. The van der Waals surface area contributed by atoms with Crippen LogP contribution in [0.3, 0.4) is 0 Å². The molecule has 1 heterocycles. The van der Waals surface area contributed by atoms with E-state index in [-0.39, 0.29) is 11.2 Å². The summed E-state index contributed by atoms with van der Waals surface area (Å²) < 4.78 is 1.12. The largest absolute Gasteiger partial charge is 0.355 e. The Balaban J connectivity index is 2.10. The maximum atomic E-state index is 11.4. The molecule has 1 saturated heterocycles. The fourth-order valence-electron chi connectivity index (χ4n) is 1.18. The molecule has 0 aromatic rings. The molecule has 0 saturated carbocycles. The van der Waals surface area contributed by atoms with Crippen LogP contribution in [0.25, 0.3) is 0 Å². The Labute approximate surface area is 91.4 Å².